The van der Waals surface area contributed by atoms with Crippen LogP contribution in [0.3, 0.4) is 0 Å². The number of aryl methyl sites for hydroxylation is 1. The number of para-hydroxylation sites is 1. The molecule has 0 radical (unpaired) electrons. The molecule has 0 aliphatic heterocycles. The van der Waals surface area contributed by atoms with E-state index in [0.717, 1.165) is 10.9 Å². The Morgan fingerprint density at radius 1 is 1.29 bits per heavy atom. The van der Waals surface area contributed by atoms with Crippen molar-refractivity contribution in [2.24, 2.45) is 7.05 Å². The van der Waals surface area contributed by atoms with Gasteiger partial charge in [0.25, 0.3) is 5.56 Å². The van der Waals surface area contributed by atoms with Gasteiger partial charge in [0, 0.05) is 24.2 Å². The number of hydrogen-bond donors (Lipinski definition) is 1. The maximum atomic E-state index is 11.3. The molecule has 2 aromatic rings. The molecule has 0 saturated heterocycles. The van der Waals surface area contributed by atoms with Gasteiger partial charge < -0.3 is 10.3 Å². The van der Waals surface area contributed by atoms with Crippen LogP contribution < -0.4 is 11.3 Å². The first-order valence-corrected chi connectivity index (χ1v) is 4.04. The van der Waals surface area contributed by atoms with Crippen molar-refractivity contribution in [1.82, 2.24) is 4.57 Å². The number of anilines is 1. The summed E-state index contributed by atoms with van der Waals surface area (Å²) in [6, 6.07) is 9.03. The molecule has 1 aromatic heterocycles. The lowest BCUT2D eigenvalue weighted by molar-refractivity contribution is 0.907. The number of pyridine rings is 1. The summed E-state index contributed by atoms with van der Waals surface area (Å²) in [6.07, 6.45) is 0. The Bertz CT molecular complexity index is 519. The van der Waals surface area contributed by atoms with Gasteiger partial charge in [-0.15, -0.1) is 12.4 Å². The van der Waals surface area contributed by atoms with Crippen molar-refractivity contribution < 1.29 is 0 Å². The van der Waals surface area contributed by atoms with Crippen LogP contribution in [-0.2, 0) is 7.05 Å². The molecule has 0 aliphatic rings. The van der Waals surface area contributed by atoms with Crippen LogP contribution in [0, 0.1) is 0 Å². The molecule has 2 rings (SSSR count). The van der Waals surface area contributed by atoms with Crippen LogP contribution in [0.2, 0.25) is 0 Å². The number of nitrogen functional groups attached to an aromatic ring is 1. The largest absolute Gasteiger partial charge is 0.398 e. The van der Waals surface area contributed by atoms with E-state index in [0.29, 0.717) is 5.69 Å². The van der Waals surface area contributed by atoms with E-state index >= 15 is 0 Å². The van der Waals surface area contributed by atoms with Gasteiger partial charge in [0.05, 0.1) is 5.52 Å². The summed E-state index contributed by atoms with van der Waals surface area (Å²) in [4.78, 5) is 11.3. The van der Waals surface area contributed by atoms with Gasteiger partial charge in [0.15, 0.2) is 0 Å². The lowest BCUT2D eigenvalue weighted by atomic mass is 10.2. The van der Waals surface area contributed by atoms with Crippen LogP contribution in [0.5, 0.6) is 0 Å². The summed E-state index contributed by atoms with van der Waals surface area (Å²) in [6.45, 7) is 0. The van der Waals surface area contributed by atoms with E-state index in [1.165, 1.54) is 6.07 Å². The molecule has 1 aromatic carbocycles. The molecular formula is C10H11ClN2O. The van der Waals surface area contributed by atoms with Crippen molar-refractivity contribution in [3.05, 3.63) is 40.7 Å². The van der Waals surface area contributed by atoms with Crippen LogP contribution in [0.1, 0.15) is 0 Å². The summed E-state index contributed by atoms with van der Waals surface area (Å²) in [5, 5.41) is 0.921. The van der Waals surface area contributed by atoms with Gasteiger partial charge in [-0.2, -0.15) is 0 Å². The topological polar surface area (TPSA) is 48.0 Å². The number of fused-ring (bicyclic) bond motifs is 1. The highest BCUT2D eigenvalue weighted by atomic mass is 35.5. The Morgan fingerprint density at radius 3 is 2.64 bits per heavy atom. The van der Waals surface area contributed by atoms with Gasteiger partial charge in [0.1, 0.15) is 0 Å². The molecule has 2 N–H and O–H groups in total. The SMILES string of the molecule is Cl.Cn1c(=O)cc(N)c2ccccc21. The van der Waals surface area contributed by atoms with Crippen LogP contribution >= 0.6 is 12.4 Å². The van der Waals surface area contributed by atoms with Crippen molar-refractivity contribution in [1.29, 1.82) is 0 Å². The molecule has 74 valence electrons. The van der Waals surface area contributed by atoms with Crippen molar-refractivity contribution in [2.75, 3.05) is 5.73 Å². The van der Waals surface area contributed by atoms with Crippen LogP contribution in [0.25, 0.3) is 10.9 Å². The van der Waals surface area contributed by atoms with Crippen molar-refractivity contribution in [3.8, 4) is 0 Å². The summed E-state index contributed by atoms with van der Waals surface area (Å²) < 4.78 is 1.59. The van der Waals surface area contributed by atoms with Gasteiger partial charge in [-0.3, -0.25) is 4.79 Å². The molecule has 0 spiro atoms. The highest BCUT2D eigenvalue weighted by Gasteiger charge is 2.01. The molecule has 0 fully saturated rings. The van der Waals surface area contributed by atoms with E-state index in [-0.39, 0.29) is 18.0 Å². The molecule has 0 unspecified atom stereocenters. The van der Waals surface area contributed by atoms with E-state index in [2.05, 4.69) is 0 Å². The van der Waals surface area contributed by atoms with E-state index < -0.39 is 0 Å². The Labute approximate surface area is 87.6 Å². The quantitative estimate of drug-likeness (QED) is 0.717. The van der Waals surface area contributed by atoms with E-state index in [1.54, 1.807) is 11.6 Å². The van der Waals surface area contributed by atoms with Gasteiger partial charge in [0.2, 0.25) is 0 Å². The van der Waals surface area contributed by atoms with Gasteiger partial charge in [-0.25, -0.2) is 0 Å². The summed E-state index contributed by atoms with van der Waals surface area (Å²) in [7, 11) is 1.74. The number of nitrogens with two attached hydrogens (primary N) is 1. The lowest BCUT2D eigenvalue weighted by Crippen LogP contribution is -2.16. The second-order valence-corrected chi connectivity index (χ2v) is 3.01. The Balaban J connectivity index is 0.000000980. The zero-order valence-electron chi connectivity index (χ0n) is 7.73. The molecule has 0 aliphatic carbocycles. The predicted octanol–water partition coefficient (Wildman–Crippen LogP) is 1.54. The number of rotatable bonds is 0. The minimum absolute atomic E-state index is 0. The van der Waals surface area contributed by atoms with Gasteiger partial charge in [-0.1, -0.05) is 18.2 Å². The number of aromatic nitrogens is 1. The first-order chi connectivity index (χ1) is 6.20. The minimum Gasteiger partial charge on any atom is -0.398 e. The minimum atomic E-state index is -0.0730. The number of hydrogen-bond acceptors (Lipinski definition) is 2. The number of nitrogens with zero attached hydrogens (tertiary/aromatic N) is 1. The standard InChI is InChI=1S/C10H10N2O.ClH/c1-12-9-5-3-2-4-7(9)8(11)6-10(12)13;/h2-6H,11H2,1H3;1H. The fraction of sp³-hybridized carbons (Fsp3) is 0.100. The van der Waals surface area contributed by atoms with Crippen molar-refractivity contribution >= 4 is 29.0 Å². The number of halogens is 1. The van der Waals surface area contributed by atoms with Crippen LogP contribution in [0.4, 0.5) is 5.69 Å². The normalized spacial score (nSPS) is 9.79. The molecule has 0 bridgehead atoms. The zero-order valence-corrected chi connectivity index (χ0v) is 8.54. The van der Waals surface area contributed by atoms with Crippen LogP contribution in [0.15, 0.2) is 35.1 Å². The maximum Gasteiger partial charge on any atom is 0.252 e. The van der Waals surface area contributed by atoms with E-state index in [9.17, 15) is 4.79 Å². The average Bonchev–Trinajstić information content (AvgIpc) is 2.15. The highest BCUT2D eigenvalue weighted by Crippen LogP contribution is 2.16. The third kappa shape index (κ3) is 1.46. The summed E-state index contributed by atoms with van der Waals surface area (Å²) in [5.74, 6) is 0. The molecule has 4 heteroatoms. The third-order valence-corrected chi connectivity index (χ3v) is 2.19. The van der Waals surface area contributed by atoms with Gasteiger partial charge in [-0.05, 0) is 6.07 Å². The second kappa shape index (κ2) is 3.72. The average molecular weight is 211 g/mol. The fourth-order valence-electron chi connectivity index (χ4n) is 1.44. The maximum absolute atomic E-state index is 11.3. The number of benzene rings is 1. The Kier molecular flexibility index (Phi) is 2.81. The first-order valence-electron chi connectivity index (χ1n) is 4.04. The fourth-order valence-corrected chi connectivity index (χ4v) is 1.44. The molecule has 0 atom stereocenters. The Hall–Kier alpha value is -1.48. The third-order valence-electron chi connectivity index (χ3n) is 2.19. The predicted molar refractivity (Wildman–Crippen MR) is 60.8 cm³/mol. The van der Waals surface area contributed by atoms with Crippen LogP contribution in [-0.4, -0.2) is 4.57 Å². The highest BCUT2D eigenvalue weighted by molar-refractivity contribution is 5.89. The molecule has 14 heavy (non-hydrogen) atoms. The van der Waals surface area contributed by atoms with E-state index in [4.69, 9.17) is 5.73 Å². The lowest BCUT2D eigenvalue weighted by Gasteiger charge is -2.05. The van der Waals surface area contributed by atoms with Gasteiger partial charge >= 0.3 is 0 Å². The smallest absolute Gasteiger partial charge is 0.252 e. The Morgan fingerprint density at radius 2 is 1.93 bits per heavy atom. The second-order valence-electron chi connectivity index (χ2n) is 3.01. The van der Waals surface area contributed by atoms with Crippen molar-refractivity contribution in [3.63, 3.8) is 0 Å². The van der Waals surface area contributed by atoms with Crippen molar-refractivity contribution in [2.45, 2.75) is 0 Å². The monoisotopic (exact) mass is 210 g/mol. The summed E-state index contributed by atoms with van der Waals surface area (Å²) >= 11 is 0. The van der Waals surface area contributed by atoms with E-state index in [1.807, 2.05) is 24.3 Å². The first kappa shape index (κ1) is 10.6. The molecular weight excluding hydrogens is 200 g/mol. The summed E-state index contributed by atoms with van der Waals surface area (Å²) in [5.41, 5.74) is 7.05. The molecule has 1 heterocycles. The molecule has 3 nitrogen and oxygen atoms in total. The molecule has 0 saturated carbocycles. The molecule has 0 amide bonds. The zero-order chi connectivity index (χ0) is 9.42.